The number of methoxy groups -OCH3 is 1. The van der Waals surface area contributed by atoms with Crippen molar-refractivity contribution in [1.29, 1.82) is 0 Å². The highest BCUT2D eigenvalue weighted by atomic mass is 16.5. The molecule has 0 radical (unpaired) electrons. The summed E-state index contributed by atoms with van der Waals surface area (Å²) in [6.07, 6.45) is 2.75. The van der Waals surface area contributed by atoms with Gasteiger partial charge in [-0.15, -0.1) is 0 Å². The zero-order chi connectivity index (χ0) is 22.8. The molecule has 0 saturated carbocycles. The first-order valence-corrected chi connectivity index (χ1v) is 11.9. The predicted molar refractivity (Wildman–Crippen MR) is 127 cm³/mol. The van der Waals surface area contributed by atoms with E-state index < -0.39 is 0 Å². The Bertz CT molecular complexity index is 936. The molecule has 1 aromatic heterocycles. The maximum absolute atomic E-state index is 13.4. The third-order valence-corrected chi connectivity index (χ3v) is 6.89. The third kappa shape index (κ3) is 4.86. The zero-order valence-corrected chi connectivity index (χ0v) is 20.1. The molecule has 0 aliphatic carbocycles. The lowest BCUT2D eigenvalue weighted by Gasteiger charge is -2.39. The summed E-state index contributed by atoms with van der Waals surface area (Å²) in [4.78, 5) is 18.0. The molecule has 2 fully saturated rings. The number of benzene rings is 1. The number of amides is 1. The van der Waals surface area contributed by atoms with Gasteiger partial charge in [-0.3, -0.25) is 9.69 Å². The van der Waals surface area contributed by atoms with E-state index in [-0.39, 0.29) is 5.91 Å². The van der Waals surface area contributed by atoms with Crippen LogP contribution in [0.1, 0.15) is 48.4 Å². The molecule has 0 bridgehead atoms. The smallest absolute Gasteiger partial charge is 0.255 e. The Morgan fingerprint density at radius 1 is 1.09 bits per heavy atom. The molecule has 2 aromatic rings. The van der Waals surface area contributed by atoms with Crippen LogP contribution in [0.15, 0.2) is 30.3 Å². The normalized spacial score (nSPS) is 22.8. The van der Waals surface area contributed by atoms with E-state index in [1.807, 2.05) is 36.1 Å². The van der Waals surface area contributed by atoms with Crippen LogP contribution >= 0.6 is 0 Å². The summed E-state index contributed by atoms with van der Waals surface area (Å²) >= 11 is 0. The standard InChI is InChI=1S/C26H37N3O3/c1-18-13-25(21(4)29(18)23-7-6-8-24(14-23)31-5)26(30)28-11-9-22(10-12-28)17-27-15-19(2)32-20(3)16-27/h6-8,13-14,19-20,22H,9-12,15-17H2,1-5H3. The van der Waals surface area contributed by atoms with Crippen LogP contribution in [0.25, 0.3) is 5.69 Å². The van der Waals surface area contributed by atoms with E-state index in [1.165, 1.54) is 0 Å². The first-order chi connectivity index (χ1) is 15.4. The van der Waals surface area contributed by atoms with Crippen molar-refractivity contribution in [3.05, 3.63) is 47.3 Å². The fourth-order valence-corrected chi connectivity index (χ4v) is 5.41. The van der Waals surface area contributed by atoms with Gasteiger partial charge in [-0.25, -0.2) is 0 Å². The largest absolute Gasteiger partial charge is 0.497 e. The second-order valence-corrected chi connectivity index (χ2v) is 9.53. The van der Waals surface area contributed by atoms with Crippen LogP contribution in [-0.2, 0) is 4.74 Å². The molecule has 0 N–H and O–H groups in total. The zero-order valence-electron chi connectivity index (χ0n) is 20.1. The molecule has 0 spiro atoms. The van der Waals surface area contributed by atoms with Crippen molar-refractivity contribution in [2.75, 3.05) is 39.8 Å². The molecule has 2 unspecified atom stereocenters. The predicted octanol–water partition coefficient (Wildman–Crippen LogP) is 4.06. The highest BCUT2D eigenvalue weighted by Gasteiger charge is 2.29. The minimum absolute atomic E-state index is 0.152. The number of carbonyl (C=O) groups excluding carboxylic acids is 1. The minimum atomic E-state index is 0.152. The van der Waals surface area contributed by atoms with Crippen molar-refractivity contribution in [3.8, 4) is 11.4 Å². The summed E-state index contributed by atoms with van der Waals surface area (Å²) in [5, 5.41) is 0. The lowest BCUT2D eigenvalue weighted by Crippen LogP contribution is -2.48. The molecule has 6 nitrogen and oxygen atoms in total. The second kappa shape index (κ2) is 9.67. The van der Waals surface area contributed by atoms with E-state index in [2.05, 4.69) is 36.3 Å². The Morgan fingerprint density at radius 2 is 1.78 bits per heavy atom. The number of aromatic nitrogens is 1. The van der Waals surface area contributed by atoms with E-state index >= 15 is 0 Å². The summed E-state index contributed by atoms with van der Waals surface area (Å²) in [7, 11) is 1.67. The molecule has 2 aliphatic rings. The fourth-order valence-electron chi connectivity index (χ4n) is 5.41. The average Bonchev–Trinajstić information content (AvgIpc) is 3.07. The molecular weight excluding hydrogens is 402 g/mol. The van der Waals surface area contributed by atoms with Gasteiger partial charge in [0.25, 0.3) is 5.91 Å². The van der Waals surface area contributed by atoms with Gasteiger partial charge in [0, 0.05) is 55.9 Å². The molecule has 2 atom stereocenters. The fraction of sp³-hybridized carbons (Fsp3) is 0.577. The van der Waals surface area contributed by atoms with Crippen molar-refractivity contribution >= 4 is 5.91 Å². The summed E-state index contributed by atoms with van der Waals surface area (Å²) in [6, 6.07) is 10.0. The number of likely N-dealkylation sites (tertiary alicyclic amines) is 1. The van der Waals surface area contributed by atoms with Crippen LogP contribution < -0.4 is 4.74 Å². The van der Waals surface area contributed by atoms with E-state index in [9.17, 15) is 4.79 Å². The van der Waals surface area contributed by atoms with E-state index in [1.54, 1.807) is 7.11 Å². The Labute approximate surface area is 192 Å². The van der Waals surface area contributed by atoms with Crippen molar-refractivity contribution in [3.63, 3.8) is 0 Å². The van der Waals surface area contributed by atoms with E-state index in [4.69, 9.17) is 9.47 Å². The lowest BCUT2D eigenvalue weighted by atomic mass is 9.95. The Kier molecular flexibility index (Phi) is 6.91. The molecule has 3 heterocycles. The average molecular weight is 440 g/mol. The summed E-state index contributed by atoms with van der Waals surface area (Å²) in [5.74, 6) is 1.62. The molecule has 4 rings (SSSR count). The van der Waals surface area contributed by atoms with Crippen molar-refractivity contribution < 1.29 is 14.3 Å². The van der Waals surface area contributed by atoms with Crippen LogP contribution in [0.2, 0.25) is 0 Å². The van der Waals surface area contributed by atoms with Gasteiger partial charge in [0.2, 0.25) is 0 Å². The Hall–Kier alpha value is -2.31. The highest BCUT2D eigenvalue weighted by molar-refractivity contribution is 5.96. The van der Waals surface area contributed by atoms with Crippen LogP contribution in [0, 0.1) is 19.8 Å². The maximum Gasteiger partial charge on any atom is 0.255 e. The number of hydrogen-bond donors (Lipinski definition) is 0. The number of nitrogens with zero attached hydrogens (tertiary/aromatic N) is 3. The van der Waals surface area contributed by atoms with Crippen LogP contribution in [0.3, 0.4) is 0 Å². The van der Waals surface area contributed by atoms with Gasteiger partial charge in [0.05, 0.1) is 24.9 Å². The van der Waals surface area contributed by atoms with Crippen molar-refractivity contribution in [2.45, 2.75) is 52.7 Å². The molecule has 2 aliphatic heterocycles. The number of hydrogen-bond acceptors (Lipinski definition) is 4. The van der Waals surface area contributed by atoms with Gasteiger partial charge < -0.3 is 18.9 Å². The summed E-state index contributed by atoms with van der Waals surface area (Å²) in [5.41, 5.74) is 3.87. The molecule has 1 amide bonds. The number of piperidine rings is 1. The molecule has 2 saturated heterocycles. The first kappa shape index (κ1) is 22.9. The minimum Gasteiger partial charge on any atom is -0.497 e. The molecule has 6 heteroatoms. The van der Waals surface area contributed by atoms with Crippen molar-refractivity contribution in [1.82, 2.24) is 14.4 Å². The monoisotopic (exact) mass is 439 g/mol. The van der Waals surface area contributed by atoms with Crippen LogP contribution in [0.4, 0.5) is 0 Å². The topological polar surface area (TPSA) is 46.9 Å². The summed E-state index contributed by atoms with van der Waals surface area (Å²) < 4.78 is 13.4. The molecule has 32 heavy (non-hydrogen) atoms. The van der Waals surface area contributed by atoms with Crippen LogP contribution in [0.5, 0.6) is 5.75 Å². The molecule has 174 valence electrons. The lowest BCUT2D eigenvalue weighted by molar-refractivity contribution is -0.0728. The van der Waals surface area contributed by atoms with Gasteiger partial charge in [0.1, 0.15) is 5.75 Å². The van der Waals surface area contributed by atoms with Crippen LogP contribution in [-0.4, -0.2) is 72.3 Å². The third-order valence-electron chi connectivity index (χ3n) is 6.89. The summed E-state index contributed by atoms with van der Waals surface area (Å²) in [6.45, 7) is 13.2. The first-order valence-electron chi connectivity index (χ1n) is 11.9. The van der Waals surface area contributed by atoms with Gasteiger partial charge >= 0.3 is 0 Å². The number of aryl methyl sites for hydroxylation is 1. The molecular formula is C26H37N3O3. The van der Waals surface area contributed by atoms with Gasteiger partial charge in [-0.1, -0.05) is 6.07 Å². The second-order valence-electron chi connectivity index (χ2n) is 9.53. The SMILES string of the molecule is COc1cccc(-n2c(C)cc(C(=O)N3CCC(CN4CC(C)OC(C)C4)CC3)c2C)c1. The quantitative estimate of drug-likeness (QED) is 0.705. The number of ether oxygens (including phenoxy) is 2. The maximum atomic E-state index is 13.4. The van der Waals surface area contributed by atoms with Gasteiger partial charge in [-0.05, 0) is 64.7 Å². The number of carbonyl (C=O) groups is 1. The number of rotatable bonds is 5. The van der Waals surface area contributed by atoms with Gasteiger partial charge in [-0.2, -0.15) is 0 Å². The van der Waals surface area contributed by atoms with E-state index in [0.29, 0.717) is 18.1 Å². The number of morpholine rings is 1. The van der Waals surface area contributed by atoms with Crippen molar-refractivity contribution in [2.24, 2.45) is 5.92 Å². The Balaban J connectivity index is 1.40. The molecule has 1 aromatic carbocycles. The van der Waals surface area contributed by atoms with E-state index in [0.717, 1.165) is 74.0 Å². The van der Waals surface area contributed by atoms with Gasteiger partial charge in [0.15, 0.2) is 0 Å². The Morgan fingerprint density at radius 3 is 2.44 bits per heavy atom. The highest BCUT2D eigenvalue weighted by Crippen LogP contribution is 2.27.